The van der Waals surface area contributed by atoms with Crippen LogP contribution in [0.3, 0.4) is 0 Å². The number of nitrogens with zero attached hydrogens (tertiary/aromatic N) is 5. The molecular formula is C14H19N5. The van der Waals surface area contributed by atoms with E-state index in [1.165, 1.54) is 12.2 Å². The molecule has 3 heterocycles. The van der Waals surface area contributed by atoms with Crippen molar-refractivity contribution in [3.8, 4) is 0 Å². The van der Waals surface area contributed by atoms with Gasteiger partial charge >= 0.3 is 0 Å². The molecule has 0 aromatic carbocycles. The van der Waals surface area contributed by atoms with Crippen molar-refractivity contribution >= 4 is 5.82 Å². The molecule has 0 aliphatic carbocycles. The largest absolute Gasteiger partial charge is 0.359 e. The molecule has 0 saturated carbocycles. The molecule has 5 heteroatoms. The Bertz CT molecular complexity index is 562. The predicted octanol–water partition coefficient (Wildman–Crippen LogP) is 1.68. The van der Waals surface area contributed by atoms with Gasteiger partial charge in [0.15, 0.2) is 0 Å². The highest BCUT2D eigenvalue weighted by atomic mass is 15.2. The summed E-state index contributed by atoms with van der Waals surface area (Å²) < 4.78 is 2.27. The Morgan fingerprint density at radius 1 is 1.37 bits per heavy atom. The fraction of sp³-hybridized carbons (Fsp3) is 0.500. The first-order valence-electron chi connectivity index (χ1n) is 6.72. The molecule has 5 nitrogen and oxygen atoms in total. The molecule has 0 N–H and O–H groups in total. The fourth-order valence-corrected chi connectivity index (χ4v) is 2.72. The van der Waals surface area contributed by atoms with Crippen LogP contribution in [0.4, 0.5) is 5.82 Å². The molecule has 1 atom stereocenters. The summed E-state index contributed by atoms with van der Waals surface area (Å²) >= 11 is 0. The second kappa shape index (κ2) is 4.99. The molecule has 19 heavy (non-hydrogen) atoms. The van der Waals surface area contributed by atoms with E-state index in [1.807, 2.05) is 19.2 Å². The summed E-state index contributed by atoms with van der Waals surface area (Å²) in [6.45, 7) is 4.08. The average molecular weight is 257 g/mol. The zero-order valence-corrected chi connectivity index (χ0v) is 11.5. The molecule has 2 aromatic heterocycles. The van der Waals surface area contributed by atoms with E-state index in [9.17, 15) is 0 Å². The van der Waals surface area contributed by atoms with Crippen LogP contribution in [0.25, 0.3) is 0 Å². The monoisotopic (exact) mass is 257 g/mol. The third-order valence-electron chi connectivity index (χ3n) is 3.75. The second-order valence-electron chi connectivity index (χ2n) is 5.30. The quantitative estimate of drug-likeness (QED) is 0.839. The van der Waals surface area contributed by atoms with Crippen LogP contribution in [-0.2, 0) is 13.0 Å². The lowest BCUT2D eigenvalue weighted by Crippen LogP contribution is -2.32. The summed E-state index contributed by atoms with van der Waals surface area (Å²) in [4.78, 5) is 15.1. The molecule has 0 amide bonds. The molecular weight excluding hydrogens is 238 g/mol. The molecule has 0 bridgehead atoms. The number of aryl methyl sites for hydroxylation is 2. The molecule has 0 fully saturated rings. The summed E-state index contributed by atoms with van der Waals surface area (Å²) in [6, 6.07) is 2.03. The van der Waals surface area contributed by atoms with Gasteiger partial charge in [-0.3, -0.25) is 0 Å². The Hall–Kier alpha value is -1.91. The lowest BCUT2D eigenvalue weighted by Gasteiger charge is -2.28. The first-order chi connectivity index (χ1) is 9.22. The van der Waals surface area contributed by atoms with E-state index >= 15 is 0 Å². The van der Waals surface area contributed by atoms with E-state index in [0.717, 1.165) is 31.0 Å². The van der Waals surface area contributed by atoms with Gasteiger partial charge in [-0.25, -0.2) is 15.0 Å². The highest BCUT2D eigenvalue weighted by Gasteiger charge is 2.20. The van der Waals surface area contributed by atoms with Crippen molar-refractivity contribution < 1.29 is 0 Å². The normalized spacial score (nSPS) is 18.1. The maximum absolute atomic E-state index is 4.37. The van der Waals surface area contributed by atoms with Gasteiger partial charge in [-0.15, -0.1) is 0 Å². The zero-order chi connectivity index (χ0) is 13.2. The van der Waals surface area contributed by atoms with Crippen molar-refractivity contribution in [2.75, 3.05) is 18.5 Å². The number of hydrogen-bond acceptors (Lipinski definition) is 4. The molecule has 100 valence electrons. The lowest BCUT2D eigenvalue weighted by atomic mass is 9.99. The smallest absolute Gasteiger partial charge is 0.131 e. The van der Waals surface area contributed by atoms with Crippen LogP contribution in [-0.4, -0.2) is 33.1 Å². The topological polar surface area (TPSA) is 46.8 Å². The van der Waals surface area contributed by atoms with Crippen LogP contribution in [0, 0.1) is 12.8 Å². The average Bonchev–Trinajstić information content (AvgIpc) is 2.86. The number of anilines is 1. The Labute approximate surface area is 113 Å². The molecule has 0 spiro atoms. The number of fused-ring (bicyclic) bond motifs is 1. The molecule has 0 unspecified atom stereocenters. The number of imidazole rings is 1. The molecule has 3 rings (SSSR count). The maximum atomic E-state index is 4.37. The molecule has 2 aromatic rings. The molecule has 0 radical (unpaired) electrons. The van der Waals surface area contributed by atoms with E-state index in [4.69, 9.17) is 0 Å². The highest BCUT2D eigenvalue weighted by molar-refractivity contribution is 5.37. The van der Waals surface area contributed by atoms with Crippen LogP contribution in [0.15, 0.2) is 24.8 Å². The number of hydrogen-bond donors (Lipinski definition) is 0. The second-order valence-corrected chi connectivity index (χ2v) is 5.30. The van der Waals surface area contributed by atoms with Gasteiger partial charge < -0.3 is 9.47 Å². The van der Waals surface area contributed by atoms with E-state index in [2.05, 4.69) is 37.7 Å². The van der Waals surface area contributed by atoms with Crippen molar-refractivity contribution in [2.45, 2.75) is 26.3 Å². The molecule has 0 saturated heterocycles. The Balaban J connectivity index is 1.66. The van der Waals surface area contributed by atoms with Gasteiger partial charge in [0.05, 0.1) is 0 Å². The van der Waals surface area contributed by atoms with Gasteiger partial charge in [-0.1, -0.05) is 0 Å². The Morgan fingerprint density at radius 3 is 3.11 bits per heavy atom. The van der Waals surface area contributed by atoms with E-state index in [-0.39, 0.29) is 0 Å². The Kier molecular flexibility index (Phi) is 3.19. The third-order valence-corrected chi connectivity index (χ3v) is 3.75. The van der Waals surface area contributed by atoms with E-state index < -0.39 is 0 Å². The van der Waals surface area contributed by atoms with Crippen molar-refractivity contribution in [3.05, 3.63) is 36.3 Å². The van der Waals surface area contributed by atoms with Gasteiger partial charge in [-0.05, 0) is 19.3 Å². The summed E-state index contributed by atoms with van der Waals surface area (Å²) in [5.74, 6) is 2.88. The van der Waals surface area contributed by atoms with Crippen LogP contribution >= 0.6 is 0 Å². The first kappa shape index (κ1) is 12.1. The highest BCUT2D eigenvalue weighted by Crippen LogP contribution is 2.21. The van der Waals surface area contributed by atoms with Crippen LogP contribution in [0.2, 0.25) is 0 Å². The zero-order valence-electron chi connectivity index (χ0n) is 11.5. The fourth-order valence-electron chi connectivity index (χ4n) is 2.72. The standard InChI is InChI=1S/C14H19N5/c1-11-7-14(17-10-16-11)18(2)8-12-3-4-13-15-5-6-19(13)9-12/h5-7,10,12H,3-4,8-9H2,1-2H3/t12-/m0/s1. The summed E-state index contributed by atoms with van der Waals surface area (Å²) in [5.41, 5.74) is 1.01. The van der Waals surface area contributed by atoms with E-state index in [0.29, 0.717) is 5.92 Å². The Morgan fingerprint density at radius 2 is 2.26 bits per heavy atom. The number of aromatic nitrogens is 4. The van der Waals surface area contributed by atoms with Crippen LogP contribution in [0.5, 0.6) is 0 Å². The summed E-state index contributed by atoms with van der Waals surface area (Å²) in [6.07, 6.45) is 7.89. The first-order valence-corrected chi connectivity index (χ1v) is 6.72. The minimum atomic E-state index is 0.655. The van der Waals surface area contributed by atoms with Crippen molar-refractivity contribution in [1.82, 2.24) is 19.5 Å². The van der Waals surface area contributed by atoms with Crippen molar-refractivity contribution in [2.24, 2.45) is 5.92 Å². The van der Waals surface area contributed by atoms with Crippen molar-refractivity contribution in [1.29, 1.82) is 0 Å². The van der Waals surface area contributed by atoms with Crippen LogP contribution < -0.4 is 4.90 Å². The third kappa shape index (κ3) is 2.59. The minimum absolute atomic E-state index is 0.655. The van der Waals surface area contributed by atoms with Crippen LogP contribution in [0.1, 0.15) is 17.9 Å². The summed E-state index contributed by atoms with van der Waals surface area (Å²) in [7, 11) is 2.10. The van der Waals surface area contributed by atoms with Gasteiger partial charge in [0, 0.05) is 50.7 Å². The predicted molar refractivity (Wildman–Crippen MR) is 74.1 cm³/mol. The summed E-state index contributed by atoms with van der Waals surface area (Å²) in [5, 5.41) is 0. The molecule has 1 aliphatic rings. The minimum Gasteiger partial charge on any atom is -0.359 e. The lowest BCUT2D eigenvalue weighted by molar-refractivity contribution is 0.368. The van der Waals surface area contributed by atoms with Crippen molar-refractivity contribution in [3.63, 3.8) is 0 Å². The van der Waals surface area contributed by atoms with Gasteiger partial charge in [0.1, 0.15) is 18.0 Å². The van der Waals surface area contributed by atoms with Gasteiger partial charge in [0.25, 0.3) is 0 Å². The maximum Gasteiger partial charge on any atom is 0.131 e. The SMILES string of the molecule is Cc1cc(N(C)C[C@@H]2CCc3nccn3C2)ncn1. The van der Waals surface area contributed by atoms with Gasteiger partial charge in [0.2, 0.25) is 0 Å². The van der Waals surface area contributed by atoms with E-state index in [1.54, 1.807) is 6.33 Å². The molecule has 1 aliphatic heterocycles. The van der Waals surface area contributed by atoms with Gasteiger partial charge in [-0.2, -0.15) is 0 Å². The number of rotatable bonds is 3.